The summed E-state index contributed by atoms with van der Waals surface area (Å²) in [6, 6.07) is 55.4. The molecule has 0 spiro atoms. The lowest BCUT2D eigenvalue weighted by molar-refractivity contribution is 1.07. The van der Waals surface area contributed by atoms with Gasteiger partial charge >= 0.3 is 0 Å². The number of benzene rings is 6. The van der Waals surface area contributed by atoms with E-state index in [1.165, 1.54) is 0 Å². The van der Waals surface area contributed by atoms with E-state index in [-0.39, 0.29) is 0 Å². The van der Waals surface area contributed by atoms with Gasteiger partial charge in [-0.15, -0.1) is 0 Å². The Hall–Kier alpha value is -6.59. The highest BCUT2D eigenvalue weighted by Crippen LogP contribution is 2.30. The maximum atomic E-state index is 5.03. The number of aromatic nitrogens is 3. The largest absolute Gasteiger partial charge is 0.238 e. The van der Waals surface area contributed by atoms with Gasteiger partial charge in [0.05, 0.1) is 5.70 Å². The zero-order valence-electron chi connectivity index (χ0n) is 28.0. The monoisotopic (exact) mass is 645 g/mol. The summed E-state index contributed by atoms with van der Waals surface area (Å²) in [5.74, 6) is 2.51. The molecule has 0 radical (unpaired) electrons. The minimum absolute atomic E-state index is 0.611. The third-order valence-corrected chi connectivity index (χ3v) is 8.36. The number of amidine groups is 1. The number of hydrogen-bond donors (Lipinski definition) is 0. The summed E-state index contributed by atoms with van der Waals surface area (Å²) in [6.45, 7) is 8.02. The molecule has 5 nitrogen and oxygen atoms in total. The number of rotatable bonds is 8. The highest BCUT2D eigenvalue weighted by atomic mass is 15.0. The second-order valence-electron chi connectivity index (χ2n) is 11.9. The van der Waals surface area contributed by atoms with Gasteiger partial charge in [-0.05, 0) is 65.4 Å². The van der Waals surface area contributed by atoms with E-state index in [1.54, 1.807) is 0 Å². The molecule has 240 valence electrons. The number of nitrogens with zero attached hydrogens (tertiary/aromatic N) is 5. The van der Waals surface area contributed by atoms with Crippen molar-refractivity contribution < 1.29 is 0 Å². The first-order valence-corrected chi connectivity index (χ1v) is 16.5. The molecule has 0 bridgehead atoms. The molecule has 0 atom stereocenters. The molecule has 6 aromatic carbocycles. The minimum atomic E-state index is 0.611. The Bertz CT molecular complexity index is 2340. The van der Waals surface area contributed by atoms with E-state index in [2.05, 4.69) is 84.4 Å². The molecule has 0 aliphatic rings. The van der Waals surface area contributed by atoms with Crippen LogP contribution in [0.3, 0.4) is 0 Å². The van der Waals surface area contributed by atoms with E-state index >= 15 is 0 Å². The fourth-order valence-corrected chi connectivity index (χ4v) is 5.80. The SMILES string of the molecule is C=C(N=C(C)N=C(C)c1cccc(-c2cccc(-c3nc(-c4ccccc4)nc(-c4cccc(-c5ccccc5)c4)n3)c2)c1)c1ccccc1. The van der Waals surface area contributed by atoms with Crippen LogP contribution in [0.15, 0.2) is 180 Å². The first-order chi connectivity index (χ1) is 24.5. The molecule has 0 fully saturated rings. The van der Waals surface area contributed by atoms with E-state index in [0.717, 1.165) is 55.8 Å². The van der Waals surface area contributed by atoms with Crippen molar-refractivity contribution in [2.75, 3.05) is 0 Å². The average molecular weight is 646 g/mol. The van der Waals surface area contributed by atoms with Crippen molar-refractivity contribution in [1.82, 2.24) is 15.0 Å². The predicted octanol–water partition coefficient (Wildman–Crippen LogP) is 11.1. The van der Waals surface area contributed by atoms with Gasteiger partial charge in [0.15, 0.2) is 17.5 Å². The summed E-state index contributed by atoms with van der Waals surface area (Å²) in [4.78, 5) is 24.4. The Morgan fingerprint density at radius 2 is 0.800 bits per heavy atom. The lowest BCUT2D eigenvalue weighted by Crippen LogP contribution is -2.01. The van der Waals surface area contributed by atoms with Crippen LogP contribution < -0.4 is 0 Å². The molecule has 5 heteroatoms. The van der Waals surface area contributed by atoms with Gasteiger partial charge in [-0.2, -0.15) is 0 Å². The fraction of sp³-hybridized carbons (Fsp3) is 0.0444. The van der Waals surface area contributed by atoms with Crippen LogP contribution in [0.4, 0.5) is 0 Å². The van der Waals surface area contributed by atoms with Crippen molar-refractivity contribution in [3.8, 4) is 56.4 Å². The standard InChI is InChI=1S/C45H35N5/c1-31(34-16-7-4-8-17-34)46-33(3)47-32(2)37-22-13-24-39(28-37)40-25-15-27-42(30-40)45-49-43(36-20-11-6-12-21-36)48-44(50-45)41-26-14-23-38(29-41)35-18-9-5-10-19-35/h4-30H,1H2,2-3H3. The van der Waals surface area contributed by atoms with E-state index in [1.807, 2.05) is 105 Å². The van der Waals surface area contributed by atoms with Crippen LogP contribution in [-0.4, -0.2) is 26.5 Å². The molecule has 0 amide bonds. The second-order valence-corrected chi connectivity index (χ2v) is 11.9. The fourth-order valence-electron chi connectivity index (χ4n) is 5.80. The van der Waals surface area contributed by atoms with Crippen LogP contribution in [0.5, 0.6) is 0 Å². The minimum Gasteiger partial charge on any atom is -0.238 e. The lowest BCUT2D eigenvalue weighted by atomic mass is 9.99. The van der Waals surface area contributed by atoms with Gasteiger partial charge < -0.3 is 0 Å². The van der Waals surface area contributed by atoms with Gasteiger partial charge in [-0.3, -0.25) is 0 Å². The molecule has 50 heavy (non-hydrogen) atoms. The molecule has 1 heterocycles. The topological polar surface area (TPSA) is 63.4 Å². The molecule has 0 unspecified atom stereocenters. The van der Waals surface area contributed by atoms with E-state index < -0.39 is 0 Å². The molecule has 0 saturated carbocycles. The summed E-state index contributed by atoms with van der Waals surface area (Å²) < 4.78 is 0. The lowest BCUT2D eigenvalue weighted by Gasteiger charge is -2.11. The molecular formula is C45H35N5. The van der Waals surface area contributed by atoms with Crippen LogP contribution in [0, 0.1) is 0 Å². The Labute approximate surface area is 293 Å². The van der Waals surface area contributed by atoms with E-state index in [0.29, 0.717) is 29.0 Å². The van der Waals surface area contributed by atoms with Gasteiger partial charge in [0, 0.05) is 22.4 Å². The first kappa shape index (κ1) is 32.0. The highest BCUT2D eigenvalue weighted by molar-refractivity contribution is 6.07. The normalized spacial score (nSPS) is 11.7. The van der Waals surface area contributed by atoms with Crippen molar-refractivity contribution in [3.05, 3.63) is 181 Å². The van der Waals surface area contributed by atoms with Crippen LogP contribution in [-0.2, 0) is 0 Å². The maximum Gasteiger partial charge on any atom is 0.164 e. The van der Waals surface area contributed by atoms with Crippen molar-refractivity contribution in [3.63, 3.8) is 0 Å². The van der Waals surface area contributed by atoms with Crippen LogP contribution in [0.2, 0.25) is 0 Å². The third-order valence-electron chi connectivity index (χ3n) is 8.36. The van der Waals surface area contributed by atoms with Gasteiger partial charge in [0.2, 0.25) is 0 Å². The molecule has 1 aromatic heterocycles. The first-order valence-electron chi connectivity index (χ1n) is 16.5. The number of aliphatic imine (C=N–C) groups is 2. The summed E-state index contributed by atoms with van der Waals surface area (Å²) in [5, 5.41) is 0. The van der Waals surface area contributed by atoms with Gasteiger partial charge in [-0.25, -0.2) is 24.9 Å². The van der Waals surface area contributed by atoms with Crippen molar-refractivity contribution >= 4 is 17.2 Å². The maximum absolute atomic E-state index is 5.03. The quantitative estimate of drug-likeness (QED) is 0.122. The number of hydrogen-bond acceptors (Lipinski definition) is 4. The average Bonchev–Trinajstić information content (AvgIpc) is 3.19. The zero-order chi connectivity index (χ0) is 34.3. The predicted molar refractivity (Wildman–Crippen MR) is 208 cm³/mol. The summed E-state index contributed by atoms with van der Waals surface area (Å²) >= 11 is 0. The van der Waals surface area contributed by atoms with Crippen molar-refractivity contribution in [2.24, 2.45) is 9.98 Å². The Kier molecular flexibility index (Phi) is 9.38. The molecule has 0 aliphatic carbocycles. The Balaban J connectivity index is 1.23. The van der Waals surface area contributed by atoms with Crippen molar-refractivity contribution in [1.29, 1.82) is 0 Å². The molecular weight excluding hydrogens is 611 g/mol. The summed E-state index contributed by atoms with van der Waals surface area (Å²) in [5.41, 5.74) is 10.7. The summed E-state index contributed by atoms with van der Waals surface area (Å²) in [6.07, 6.45) is 0. The Morgan fingerprint density at radius 3 is 1.38 bits per heavy atom. The van der Waals surface area contributed by atoms with E-state index in [9.17, 15) is 0 Å². The van der Waals surface area contributed by atoms with Crippen molar-refractivity contribution in [2.45, 2.75) is 13.8 Å². The molecule has 7 rings (SSSR count). The molecule has 0 N–H and O–H groups in total. The zero-order valence-corrected chi connectivity index (χ0v) is 28.0. The molecule has 0 aliphatic heterocycles. The Morgan fingerprint density at radius 1 is 0.400 bits per heavy atom. The second kappa shape index (κ2) is 14.7. The van der Waals surface area contributed by atoms with Crippen LogP contribution >= 0.6 is 0 Å². The van der Waals surface area contributed by atoms with Crippen LogP contribution in [0.25, 0.3) is 62.1 Å². The third kappa shape index (κ3) is 7.43. The smallest absolute Gasteiger partial charge is 0.164 e. The molecule has 0 saturated heterocycles. The highest BCUT2D eigenvalue weighted by Gasteiger charge is 2.14. The van der Waals surface area contributed by atoms with Crippen LogP contribution in [0.1, 0.15) is 25.0 Å². The van der Waals surface area contributed by atoms with Gasteiger partial charge in [0.1, 0.15) is 5.84 Å². The van der Waals surface area contributed by atoms with Gasteiger partial charge in [-0.1, -0.05) is 152 Å². The summed E-state index contributed by atoms with van der Waals surface area (Å²) in [7, 11) is 0. The van der Waals surface area contributed by atoms with Gasteiger partial charge in [0.25, 0.3) is 0 Å². The molecule has 7 aromatic rings. The van der Waals surface area contributed by atoms with E-state index in [4.69, 9.17) is 19.9 Å².